The molecule has 1 aliphatic rings. The third kappa shape index (κ3) is 3.31. The molecular weight excluding hydrogens is 378 g/mol. The number of rotatable bonds is 5. The second kappa shape index (κ2) is 7.28. The van der Waals surface area contributed by atoms with E-state index in [1.54, 1.807) is 13.0 Å². The molecule has 9 heteroatoms. The summed E-state index contributed by atoms with van der Waals surface area (Å²) in [5, 5.41) is 14.2. The Balaban J connectivity index is 2.12. The van der Waals surface area contributed by atoms with Gasteiger partial charge in [0.05, 0.1) is 28.1 Å². The van der Waals surface area contributed by atoms with E-state index in [1.165, 1.54) is 24.1 Å². The van der Waals surface area contributed by atoms with Crippen molar-refractivity contribution in [1.29, 1.82) is 0 Å². The van der Waals surface area contributed by atoms with Crippen LogP contribution in [0.4, 0.5) is 5.69 Å². The highest BCUT2D eigenvalue weighted by atomic mass is 35.5. The molecule has 0 radical (unpaired) electrons. The summed E-state index contributed by atoms with van der Waals surface area (Å²) in [5.41, 5.74) is 0.419. The lowest BCUT2D eigenvalue weighted by Gasteiger charge is -2.11. The molecule has 0 unspecified atom stereocenters. The Hall–Kier alpha value is -2.06. The van der Waals surface area contributed by atoms with Crippen LogP contribution in [0, 0.1) is 0 Å². The summed E-state index contributed by atoms with van der Waals surface area (Å²) >= 11 is 6.44. The molecule has 0 spiro atoms. The Bertz CT molecular complexity index is 965. The smallest absolute Gasteiger partial charge is 0.220 e. The van der Waals surface area contributed by atoms with Gasteiger partial charge in [0.25, 0.3) is 0 Å². The molecule has 26 heavy (non-hydrogen) atoms. The lowest BCUT2D eigenvalue weighted by atomic mass is 10.0. The Labute approximate surface area is 157 Å². The average molecular weight is 398 g/mol. The van der Waals surface area contributed by atoms with E-state index in [1.807, 2.05) is 0 Å². The van der Waals surface area contributed by atoms with Gasteiger partial charge in [0.1, 0.15) is 17.0 Å². The number of aryl methyl sites for hydroxylation is 1. The molecule has 0 aliphatic carbocycles. The maximum absolute atomic E-state index is 12.8. The van der Waals surface area contributed by atoms with E-state index in [4.69, 9.17) is 16.3 Å². The Kier molecular flexibility index (Phi) is 5.24. The van der Waals surface area contributed by atoms with Crippen molar-refractivity contribution in [3.8, 4) is 11.6 Å². The van der Waals surface area contributed by atoms with Crippen molar-refractivity contribution in [2.75, 3.05) is 18.6 Å². The number of hydrogen-bond acceptors (Lipinski definition) is 6. The number of halogens is 1. The summed E-state index contributed by atoms with van der Waals surface area (Å²) in [4.78, 5) is 12.8. The quantitative estimate of drug-likeness (QED) is 0.780. The monoisotopic (exact) mass is 397 g/mol. The van der Waals surface area contributed by atoms with Crippen LogP contribution in [-0.2, 0) is 16.3 Å². The van der Waals surface area contributed by atoms with Crippen molar-refractivity contribution in [3.63, 3.8) is 0 Å². The number of benzene rings is 1. The topological polar surface area (TPSA) is 93.8 Å². The minimum absolute atomic E-state index is 0.0508. The van der Waals surface area contributed by atoms with E-state index in [-0.39, 0.29) is 27.7 Å². The summed E-state index contributed by atoms with van der Waals surface area (Å²) in [6.45, 7) is 2.23. The van der Waals surface area contributed by atoms with Gasteiger partial charge >= 0.3 is 0 Å². The van der Waals surface area contributed by atoms with Gasteiger partial charge in [-0.05, 0) is 31.9 Å². The van der Waals surface area contributed by atoms with Crippen LogP contribution in [0.1, 0.15) is 35.7 Å². The standard InChI is InChI=1S/C17H20ClN3O4S/c1-3-21-17(23)12(10-19-21)16(22)11-6-7-13(25-2)15(14(11)18)20-26(24)8-4-5-9-26/h6-7,10,23H,3-5,8-9H2,1-2H3. The average Bonchev–Trinajstić information content (AvgIpc) is 3.22. The van der Waals surface area contributed by atoms with E-state index in [9.17, 15) is 14.1 Å². The first-order chi connectivity index (χ1) is 12.4. The minimum atomic E-state index is -2.39. The Morgan fingerprint density at radius 2 is 2.08 bits per heavy atom. The van der Waals surface area contributed by atoms with Crippen molar-refractivity contribution in [2.24, 2.45) is 4.36 Å². The number of aromatic nitrogens is 2. The van der Waals surface area contributed by atoms with Gasteiger partial charge in [0, 0.05) is 23.6 Å². The third-order valence-electron chi connectivity index (χ3n) is 4.33. The zero-order valence-corrected chi connectivity index (χ0v) is 16.1. The number of ether oxygens (including phenoxy) is 1. The second-order valence-electron chi connectivity index (χ2n) is 5.98. The fourth-order valence-electron chi connectivity index (χ4n) is 2.90. The van der Waals surface area contributed by atoms with E-state index in [0.29, 0.717) is 23.8 Å². The predicted molar refractivity (Wildman–Crippen MR) is 100 cm³/mol. The van der Waals surface area contributed by atoms with Gasteiger partial charge in [0.15, 0.2) is 0 Å². The molecule has 1 aromatic heterocycles. The van der Waals surface area contributed by atoms with Gasteiger partial charge in [-0.15, -0.1) is 0 Å². The molecule has 1 aliphatic heterocycles. The van der Waals surface area contributed by atoms with Crippen LogP contribution in [0.2, 0.25) is 5.02 Å². The maximum atomic E-state index is 12.8. The largest absolute Gasteiger partial charge is 0.494 e. The van der Waals surface area contributed by atoms with Gasteiger partial charge in [-0.2, -0.15) is 9.46 Å². The van der Waals surface area contributed by atoms with Crippen molar-refractivity contribution < 1.29 is 18.8 Å². The van der Waals surface area contributed by atoms with Crippen LogP contribution in [0.5, 0.6) is 11.6 Å². The molecule has 140 valence electrons. The lowest BCUT2D eigenvalue weighted by molar-refractivity contribution is 0.103. The minimum Gasteiger partial charge on any atom is -0.494 e. The normalized spacial score (nSPS) is 15.8. The van der Waals surface area contributed by atoms with Gasteiger partial charge in [-0.25, -0.2) is 8.89 Å². The van der Waals surface area contributed by atoms with Crippen molar-refractivity contribution in [1.82, 2.24) is 9.78 Å². The van der Waals surface area contributed by atoms with Crippen LogP contribution >= 0.6 is 11.6 Å². The summed E-state index contributed by atoms with van der Waals surface area (Å²) in [6, 6.07) is 3.07. The van der Waals surface area contributed by atoms with Gasteiger partial charge in [-0.3, -0.25) is 4.79 Å². The molecule has 0 bridgehead atoms. The fourth-order valence-corrected chi connectivity index (χ4v) is 5.45. The molecule has 7 nitrogen and oxygen atoms in total. The van der Waals surface area contributed by atoms with Crippen LogP contribution in [0.15, 0.2) is 22.7 Å². The van der Waals surface area contributed by atoms with Crippen molar-refractivity contribution in [2.45, 2.75) is 26.3 Å². The predicted octanol–water partition coefficient (Wildman–Crippen LogP) is 3.39. The molecular formula is C17H20ClN3O4S. The molecule has 0 amide bonds. The molecule has 1 aromatic carbocycles. The Morgan fingerprint density at radius 1 is 1.38 bits per heavy atom. The fraction of sp³-hybridized carbons (Fsp3) is 0.412. The molecule has 3 rings (SSSR count). The molecule has 2 aromatic rings. The number of nitrogens with zero attached hydrogens (tertiary/aromatic N) is 3. The van der Waals surface area contributed by atoms with Crippen molar-refractivity contribution >= 4 is 32.8 Å². The molecule has 1 fully saturated rings. The lowest BCUT2D eigenvalue weighted by Crippen LogP contribution is -2.04. The van der Waals surface area contributed by atoms with Crippen LogP contribution in [-0.4, -0.2) is 43.5 Å². The van der Waals surface area contributed by atoms with E-state index in [0.717, 1.165) is 12.8 Å². The summed E-state index contributed by atoms with van der Waals surface area (Å²) in [7, 11) is -0.931. The number of aromatic hydroxyl groups is 1. The number of hydrogen-bond donors (Lipinski definition) is 1. The molecule has 1 saturated heterocycles. The molecule has 0 atom stereocenters. The van der Waals surface area contributed by atoms with E-state index >= 15 is 0 Å². The molecule has 0 saturated carbocycles. The first kappa shape index (κ1) is 18.7. The zero-order valence-electron chi connectivity index (χ0n) is 14.6. The first-order valence-corrected chi connectivity index (χ1v) is 10.5. The maximum Gasteiger partial charge on any atom is 0.220 e. The second-order valence-corrected chi connectivity index (χ2v) is 8.91. The number of carbonyl (C=O) groups is 1. The summed E-state index contributed by atoms with van der Waals surface area (Å²) in [6.07, 6.45) is 3.01. The highest BCUT2D eigenvalue weighted by Crippen LogP contribution is 2.40. The zero-order chi connectivity index (χ0) is 18.9. The van der Waals surface area contributed by atoms with Gasteiger partial charge in [-0.1, -0.05) is 11.6 Å². The highest BCUT2D eigenvalue weighted by Gasteiger charge is 2.25. The SMILES string of the molecule is CCn1ncc(C(=O)c2ccc(OC)c(N=S3(=O)CCCC3)c2Cl)c1O. The van der Waals surface area contributed by atoms with Crippen LogP contribution < -0.4 is 4.74 Å². The number of ketones is 1. The number of methoxy groups -OCH3 is 1. The third-order valence-corrected chi connectivity index (χ3v) is 7.08. The summed E-state index contributed by atoms with van der Waals surface area (Å²) in [5.74, 6) is 0.676. The number of carbonyl (C=O) groups excluding carboxylic acids is 1. The summed E-state index contributed by atoms with van der Waals surface area (Å²) < 4.78 is 23.8. The first-order valence-electron chi connectivity index (χ1n) is 8.28. The Morgan fingerprint density at radius 3 is 2.65 bits per heavy atom. The van der Waals surface area contributed by atoms with Gasteiger partial charge in [0.2, 0.25) is 11.7 Å². The van der Waals surface area contributed by atoms with Crippen LogP contribution in [0.3, 0.4) is 0 Å². The molecule has 2 heterocycles. The van der Waals surface area contributed by atoms with E-state index in [2.05, 4.69) is 9.46 Å². The van der Waals surface area contributed by atoms with Gasteiger partial charge < -0.3 is 9.84 Å². The van der Waals surface area contributed by atoms with Crippen LogP contribution in [0.25, 0.3) is 0 Å². The van der Waals surface area contributed by atoms with E-state index < -0.39 is 15.5 Å². The van der Waals surface area contributed by atoms with Crippen molar-refractivity contribution in [3.05, 3.63) is 34.5 Å². The highest BCUT2D eigenvalue weighted by molar-refractivity contribution is 7.93. The molecule has 1 N–H and O–H groups in total.